The van der Waals surface area contributed by atoms with Gasteiger partial charge in [0.1, 0.15) is 10.8 Å². The normalized spacial score (nSPS) is 10.1. The van der Waals surface area contributed by atoms with Crippen LogP contribution in [0.25, 0.3) is 0 Å². The molecule has 1 N–H and O–H groups in total. The lowest BCUT2D eigenvalue weighted by Gasteiger charge is -2.05. The second-order valence-corrected chi connectivity index (χ2v) is 4.50. The Balaban J connectivity index is 2.33. The van der Waals surface area contributed by atoms with Gasteiger partial charge in [0.2, 0.25) is 0 Å². The van der Waals surface area contributed by atoms with Gasteiger partial charge in [-0.05, 0) is 18.2 Å². The topological polar surface area (TPSA) is 85.1 Å². The Labute approximate surface area is 123 Å². The molecule has 0 aliphatic rings. The Kier molecular flexibility index (Phi) is 4.16. The van der Waals surface area contributed by atoms with Gasteiger partial charge in [0.05, 0.1) is 9.95 Å². The van der Waals surface area contributed by atoms with Crippen molar-refractivity contribution in [1.82, 2.24) is 4.98 Å². The highest BCUT2D eigenvalue weighted by atomic mass is 35.5. The zero-order valence-corrected chi connectivity index (χ0v) is 11.4. The second-order valence-electron chi connectivity index (χ2n) is 3.72. The molecule has 0 spiro atoms. The lowest BCUT2D eigenvalue weighted by Crippen LogP contribution is -2.13. The lowest BCUT2D eigenvalue weighted by molar-refractivity contribution is -0.384. The van der Waals surface area contributed by atoms with Crippen LogP contribution in [0, 0.1) is 10.1 Å². The molecular weight excluding hydrogens is 305 g/mol. The van der Waals surface area contributed by atoms with Gasteiger partial charge < -0.3 is 5.32 Å². The van der Waals surface area contributed by atoms with Gasteiger partial charge in [-0.3, -0.25) is 14.9 Å². The first-order valence-corrected chi connectivity index (χ1v) is 6.10. The maximum atomic E-state index is 12.0. The summed E-state index contributed by atoms with van der Waals surface area (Å²) in [5.41, 5.74) is -0.401. The Morgan fingerprint density at radius 3 is 2.65 bits per heavy atom. The van der Waals surface area contributed by atoms with Crippen LogP contribution >= 0.6 is 23.2 Å². The van der Waals surface area contributed by atoms with Crippen LogP contribution in [-0.2, 0) is 0 Å². The summed E-state index contributed by atoms with van der Waals surface area (Å²) in [5, 5.41) is 13.1. The number of benzene rings is 1. The van der Waals surface area contributed by atoms with E-state index in [1.807, 2.05) is 0 Å². The van der Waals surface area contributed by atoms with Crippen LogP contribution in [0.5, 0.6) is 0 Å². The number of halogens is 2. The predicted octanol–water partition coefficient (Wildman–Crippen LogP) is 3.55. The molecule has 20 heavy (non-hydrogen) atoms. The number of hydrogen-bond donors (Lipinski definition) is 1. The SMILES string of the molecule is O=C(Nc1ccccn1)c1cc(Cl)c(Cl)c([N+](=O)[O-])c1. The minimum absolute atomic E-state index is 0.0248. The highest BCUT2D eigenvalue weighted by Crippen LogP contribution is 2.33. The first kappa shape index (κ1) is 14.2. The summed E-state index contributed by atoms with van der Waals surface area (Å²) in [6.45, 7) is 0. The van der Waals surface area contributed by atoms with Crippen molar-refractivity contribution in [2.45, 2.75) is 0 Å². The summed E-state index contributed by atoms with van der Waals surface area (Å²) in [6, 6.07) is 7.30. The summed E-state index contributed by atoms with van der Waals surface area (Å²) < 4.78 is 0. The van der Waals surface area contributed by atoms with E-state index >= 15 is 0 Å². The molecule has 8 heteroatoms. The quantitative estimate of drug-likeness (QED) is 0.693. The summed E-state index contributed by atoms with van der Waals surface area (Å²) in [5.74, 6) is -0.239. The van der Waals surface area contributed by atoms with Crippen LogP contribution in [0.1, 0.15) is 10.4 Å². The number of rotatable bonds is 3. The van der Waals surface area contributed by atoms with Crippen LogP contribution in [0.4, 0.5) is 11.5 Å². The highest BCUT2D eigenvalue weighted by Gasteiger charge is 2.20. The number of nitro benzene ring substituents is 1. The zero-order chi connectivity index (χ0) is 14.7. The molecule has 0 atom stereocenters. The van der Waals surface area contributed by atoms with Crippen molar-refractivity contribution in [3.05, 3.63) is 62.3 Å². The number of nitrogens with one attached hydrogen (secondary N) is 1. The maximum absolute atomic E-state index is 12.0. The van der Waals surface area contributed by atoms with Crippen molar-refractivity contribution in [2.75, 3.05) is 5.32 Å². The van der Waals surface area contributed by atoms with Gasteiger partial charge in [0, 0.05) is 17.8 Å². The van der Waals surface area contributed by atoms with Gasteiger partial charge in [-0.2, -0.15) is 0 Å². The molecule has 1 aromatic heterocycles. The number of carbonyl (C=O) groups is 1. The molecule has 0 saturated carbocycles. The largest absolute Gasteiger partial charge is 0.307 e. The number of hydrogen-bond acceptors (Lipinski definition) is 4. The maximum Gasteiger partial charge on any atom is 0.290 e. The molecule has 102 valence electrons. The monoisotopic (exact) mass is 311 g/mol. The predicted molar refractivity (Wildman–Crippen MR) is 75.3 cm³/mol. The van der Waals surface area contributed by atoms with Crippen molar-refractivity contribution < 1.29 is 9.72 Å². The Morgan fingerprint density at radius 2 is 2.05 bits per heavy atom. The third-order valence-electron chi connectivity index (χ3n) is 2.37. The van der Waals surface area contributed by atoms with E-state index in [4.69, 9.17) is 23.2 Å². The Bertz CT molecular complexity index is 677. The van der Waals surface area contributed by atoms with Crippen LogP contribution in [0.15, 0.2) is 36.5 Å². The number of amides is 1. The molecule has 0 aliphatic heterocycles. The fourth-order valence-corrected chi connectivity index (χ4v) is 1.86. The van der Waals surface area contributed by atoms with E-state index in [1.54, 1.807) is 18.2 Å². The van der Waals surface area contributed by atoms with Crippen molar-refractivity contribution >= 4 is 40.6 Å². The van der Waals surface area contributed by atoms with E-state index in [0.29, 0.717) is 5.82 Å². The molecule has 0 radical (unpaired) electrons. The van der Waals surface area contributed by atoms with E-state index in [9.17, 15) is 14.9 Å². The summed E-state index contributed by atoms with van der Waals surface area (Å²) in [6.07, 6.45) is 1.51. The number of nitro groups is 1. The molecule has 0 unspecified atom stereocenters. The van der Waals surface area contributed by atoms with Crippen LogP contribution in [0.2, 0.25) is 10.0 Å². The molecule has 1 heterocycles. The highest BCUT2D eigenvalue weighted by molar-refractivity contribution is 6.43. The molecule has 0 saturated heterocycles. The van der Waals surface area contributed by atoms with Gasteiger partial charge in [0.25, 0.3) is 11.6 Å². The third-order valence-corrected chi connectivity index (χ3v) is 3.17. The fourth-order valence-electron chi connectivity index (χ4n) is 1.46. The van der Waals surface area contributed by atoms with Gasteiger partial charge in [-0.25, -0.2) is 4.98 Å². The van der Waals surface area contributed by atoms with Gasteiger partial charge in [0.15, 0.2) is 0 Å². The third kappa shape index (κ3) is 3.04. The molecular formula is C12H7Cl2N3O3. The van der Waals surface area contributed by atoms with Crippen molar-refractivity contribution in [2.24, 2.45) is 0 Å². The first-order chi connectivity index (χ1) is 9.49. The summed E-state index contributed by atoms with van der Waals surface area (Å²) >= 11 is 11.5. The first-order valence-electron chi connectivity index (χ1n) is 5.35. The van der Waals surface area contributed by atoms with E-state index < -0.39 is 16.5 Å². The molecule has 1 amide bonds. The molecule has 0 aliphatic carbocycles. The molecule has 0 bridgehead atoms. The fraction of sp³-hybridized carbons (Fsp3) is 0. The molecule has 2 rings (SSSR count). The standard InChI is InChI=1S/C12H7Cl2N3O3/c13-8-5-7(6-9(11(8)14)17(19)20)12(18)16-10-3-1-2-4-15-10/h1-6H,(H,15,16,18). The summed E-state index contributed by atoms with van der Waals surface area (Å²) in [4.78, 5) is 26.0. The van der Waals surface area contributed by atoms with Crippen molar-refractivity contribution in [3.8, 4) is 0 Å². The lowest BCUT2D eigenvalue weighted by atomic mass is 10.2. The minimum atomic E-state index is -0.703. The van der Waals surface area contributed by atoms with Crippen molar-refractivity contribution in [3.63, 3.8) is 0 Å². The Morgan fingerprint density at radius 1 is 1.30 bits per heavy atom. The van der Waals surface area contributed by atoms with Crippen LogP contribution in [0.3, 0.4) is 0 Å². The van der Waals surface area contributed by atoms with Gasteiger partial charge >= 0.3 is 0 Å². The number of carbonyl (C=O) groups excluding carboxylic acids is 1. The Hall–Kier alpha value is -2.18. The van der Waals surface area contributed by atoms with Crippen LogP contribution in [-0.4, -0.2) is 15.8 Å². The average molecular weight is 312 g/mol. The van der Waals surface area contributed by atoms with Crippen LogP contribution < -0.4 is 5.32 Å². The minimum Gasteiger partial charge on any atom is -0.307 e. The molecule has 6 nitrogen and oxygen atoms in total. The second kappa shape index (κ2) is 5.85. The smallest absolute Gasteiger partial charge is 0.290 e. The average Bonchev–Trinajstić information content (AvgIpc) is 2.42. The zero-order valence-electron chi connectivity index (χ0n) is 9.84. The van der Waals surface area contributed by atoms with E-state index in [2.05, 4.69) is 10.3 Å². The number of pyridine rings is 1. The van der Waals surface area contributed by atoms with Crippen molar-refractivity contribution in [1.29, 1.82) is 0 Å². The summed E-state index contributed by atoms with van der Waals surface area (Å²) in [7, 11) is 0. The molecule has 2 aromatic rings. The van der Waals surface area contributed by atoms with E-state index in [1.165, 1.54) is 12.3 Å². The molecule has 1 aromatic carbocycles. The molecule has 0 fully saturated rings. The number of aromatic nitrogens is 1. The van der Waals surface area contributed by atoms with E-state index in [-0.39, 0.29) is 15.6 Å². The number of anilines is 1. The van der Waals surface area contributed by atoms with E-state index in [0.717, 1.165) is 6.07 Å². The van der Waals surface area contributed by atoms with Gasteiger partial charge in [-0.15, -0.1) is 0 Å². The van der Waals surface area contributed by atoms with Gasteiger partial charge in [-0.1, -0.05) is 29.3 Å². The number of nitrogens with zero attached hydrogens (tertiary/aromatic N) is 2.